The van der Waals surface area contributed by atoms with E-state index in [1.165, 1.54) is 5.56 Å². The van der Waals surface area contributed by atoms with Gasteiger partial charge in [0.1, 0.15) is 5.75 Å². The molecule has 19 heavy (non-hydrogen) atoms. The molecule has 0 radical (unpaired) electrons. The van der Waals surface area contributed by atoms with Gasteiger partial charge in [-0.2, -0.15) is 0 Å². The first-order chi connectivity index (χ1) is 9.06. The SMILES string of the molecule is CNC(c1cc(Br)c(C)cc1OC)C1CCC(C)O1. The lowest BCUT2D eigenvalue weighted by molar-refractivity contribution is 0.0328. The van der Waals surface area contributed by atoms with Crippen molar-refractivity contribution in [1.29, 1.82) is 0 Å². The second-order valence-electron chi connectivity index (χ2n) is 5.17. The predicted molar refractivity (Wildman–Crippen MR) is 80.8 cm³/mol. The number of hydrogen-bond donors (Lipinski definition) is 1. The molecule has 0 aliphatic carbocycles. The Balaban J connectivity index is 2.34. The number of hydrogen-bond acceptors (Lipinski definition) is 3. The van der Waals surface area contributed by atoms with Crippen LogP contribution in [0.3, 0.4) is 0 Å². The van der Waals surface area contributed by atoms with Crippen molar-refractivity contribution in [3.8, 4) is 5.75 Å². The normalized spacial score (nSPS) is 24.5. The van der Waals surface area contributed by atoms with Crippen LogP contribution in [0.5, 0.6) is 5.75 Å². The third-order valence-corrected chi connectivity index (χ3v) is 4.65. The summed E-state index contributed by atoms with van der Waals surface area (Å²) in [6.07, 6.45) is 2.77. The molecule has 106 valence electrons. The maximum atomic E-state index is 6.00. The Bertz CT molecular complexity index is 450. The van der Waals surface area contributed by atoms with Crippen LogP contribution in [-0.2, 0) is 4.74 Å². The van der Waals surface area contributed by atoms with Crippen LogP contribution in [0.15, 0.2) is 16.6 Å². The van der Waals surface area contributed by atoms with Gasteiger partial charge in [0.15, 0.2) is 0 Å². The van der Waals surface area contributed by atoms with Crippen molar-refractivity contribution in [2.24, 2.45) is 0 Å². The standard InChI is InChI=1S/C15H22BrNO2/c1-9-7-14(18-4)11(8-12(9)16)15(17-3)13-6-5-10(2)19-13/h7-8,10,13,15,17H,5-6H2,1-4H3. The van der Waals surface area contributed by atoms with E-state index < -0.39 is 0 Å². The molecule has 1 aliphatic heterocycles. The summed E-state index contributed by atoms with van der Waals surface area (Å²) in [7, 11) is 3.70. The van der Waals surface area contributed by atoms with Crippen LogP contribution in [0.25, 0.3) is 0 Å². The third-order valence-electron chi connectivity index (χ3n) is 3.79. The van der Waals surface area contributed by atoms with Crippen molar-refractivity contribution in [2.45, 2.75) is 44.9 Å². The average Bonchev–Trinajstić information content (AvgIpc) is 2.81. The molecule has 0 amide bonds. The molecule has 3 nitrogen and oxygen atoms in total. The van der Waals surface area contributed by atoms with Crippen LogP contribution in [0.1, 0.15) is 36.9 Å². The van der Waals surface area contributed by atoms with Gasteiger partial charge < -0.3 is 14.8 Å². The molecule has 1 heterocycles. The summed E-state index contributed by atoms with van der Waals surface area (Å²) < 4.78 is 12.6. The molecule has 2 rings (SSSR count). The second kappa shape index (κ2) is 6.25. The van der Waals surface area contributed by atoms with Crippen molar-refractivity contribution in [1.82, 2.24) is 5.32 Å². The highest BCUT2D eigenvalue weighted by molar-refractivity contribution is 9.10. The maximum Gasteiger partial charge on any atom is 0.124 e. The van der Waals surface area contributed by atoms with Crippen LogP contribution in [0, 0.1) is 6.92 Å². The number of likely N-dealkylation sites (N-methyl/N-ethyl adjacent to an activating group) is 1. The molecule has 1 fully saturated rings. The molecule has 1 aliphatic rings. The maximum absolute atomic E-state index is 6.00. The minimum absolute atomic E-state index is 0.164. The molecule has 0 bridgehead atoms. The van der Waals surface area contributed by atoms with Crippen LogP contribution >= 0.6 is 15.9 Å². The number of ether oxygens (including phenoxy) is 2. The van der Waals surface area contributed by atoms with E-state index in [1.807, 2.05) is 7.05 Å². The molecule has 3 unspecified atom stereocenters. The number of aryl methyl sites for hydroxylation is 1. The van der Waals surface area contributed by atoms with Gasteiger partial charge in [-0.1, -0.05) is 15.9 Å². The fourth-order valence-electron chi connectivity index (χ4n) is 2.71. The van der Waals surface area contributed by atoms with Crippen LogP contribution < -0.4 is 10.1 Å². The van der Waals surface area contributed by atoms with Gasteiger partial charge in [0.05, 0.1) is 25.4 Å². The Hall–Kier alpha value is -0.580. The van der Waals surface area contributed by atoms with Gasteiger partial charge in [0.2, 0.25) is 0 Å². The Labute approximate surface area is 123 Å². The number of benzene rings is 1. The van der Waals surface area contributed by atoms with E-state index in [0.29, 0.717) is 6.10 Å². The number of rotatable bonds is 4. The second-order valence-corrected chi connectivity index (χ2v) is 6.03. The zero-order chi connectivity index (χ0) is 14.0. The summed E-state index contributed by atoms with van der Waals surface area (Å²) in [6.45, 7) is 4.20. The summed E-state index contributed by atoms with van der Waals surface area (Å²) in [5.74, 6) is 0.920. The molecule has 4 heteroatoms. The van der Waals surface area contributed by atoms with E-state index in [-0.39, 0.29) is 12.1 Å². The van der Waals surface area contributed by atoms with Crippen molar-refractivity contribution < 1.29 is 9.47 Å². The molecule has 1 saturated heterocycles. The molecule has 0 aromatic heterocycles. The molecule has 1 aromatic rings. The van der Waals surface area contributed by atoms with E-state index in [0.717, 1.165) is 28.6 Å². The van der Waals surface area contributed by atoms with Gasteiger partial charge in [-0.15, -0.1) is 0 Å². The van der Waals surface area contributed by atoms with Crippen LogP contribution in [0.2, 0.25) is 0 Å². The van der Waals surface area contributed by atoms with Crippen LogP contribution in [0.4, 0.5) is 0 Å². The number of halogens is 1. The summed E-state index contributed by atoms with van der Waals surface area (Å²) in [5.41, 5.74) is 2.33. The lowest BCUT2D eigenvalue weighted by Crippen LogP contribution is -2.30. The van der Waals surface area contributed by atoms with E-state index >= 15 is 0 Å². The fraction of sp³-hybridized carbons (Fsp3) is 0.600. The summed E-state index contributed by atoms with van der Waals surface area (Å²) in [5, 5.41) is 3.38. The van der Waals surface area contributed by atoms with Crippen molar-refractivity contribution in [2.75, 3.05) is 14.2 Å². The molecular formula is C15H22BrNO2. The molecule has 1 N–H and O–H groups in total. The van der Waals surface area contributed by atoms with Gasteiger partial charge in [-0.3, -0.25) is 0 Å². The molecule has 0 saturated carbocycles. The van der Waals surface area contributed by atoms with E-state index in [4.69, 9.17) is 9.47 Å². The van der Waals surface area contributed by atoms with Crippen molar-refractivity contribution in [3.05, 3.63) is 27.7 Å². The first kappa shape index (κ1) is 14.8. The highest BCUT2D eigenvalue weighted by atomic mass is 79.9. The monoisotopic (exact) mass is 327 g/mol. The summed E-state index contributed by atoms with van der Waals surface area (Å²) in [6, 6.07) is 4.38. The highest BCUT2D eigenvalue weighted by Gasteiger charge is 2.31. The Morgan fingerprint density at radius 2 is 2.16 bits per heavy atom. The summed E-state index contributed by atoms with van der Waals surface area (Å²) in [4.78, 5) is 0. The van der Waals surface area contributed by atoms with Crippen molar-refractivity contribution in [3.63, 3.8) is 0 Å². The van der Waals surface area contributed by atoms with E-state index in [2.05, 4.69) is 47.2 Å². The lowest BCUT2D eigenvalue weighted by Gasteiger charge is -2.26. The first-order valence-electron chi connectivity index (χ1n) is 6.73. The Kier molecular flexibility index (Phi) is 4.87. The first-order valence-corrected chi connectivity index (χ1v) is 7.52. The Morgan fingerprint density at radius 1 is 1.42 bits per heavy atom. The van der Waals surface area contributed by atoms with E-state index in [9.17, 15) is 0 Å². The minimum Gasteiger partial charge on any atom is -0.496 e. The molecule has 3 atom stereocenters. The minimum atomic E-state index is 0.164. The van der Waals surface area contributed by atoms with Gasteiger partial charge in [0.25, 0.3) is 0 Å². The third kappa shape index (κ3) is 3.12. The van der Waals surface area contributed by atoms with E-state index in [1.54, 1.807) is 7.11 Å². The van der Waals surface area contributed by atoms with Crippen molar-refractivity contribution >= 4 is 15.9 Å². The zero-order valence-electron chi connectivity index (χ0n) is 12.0. The quantitative estimate of drug-likeness (QED) is 0.916. The van der Waals surface area contributed by atoms with Gasteiger partial charge in [-0.25, -0.2) is 0 Å². The zero-order valence-corrected chi connectivity index (χ0v) is 13.6. The Morgan fingerprint density at radius 3 is 2.68 bits per heavy atom. The van der Waals surface area contributed by atoms with Gasteiger partial charge in [-0.05, 0) is 51.4 Å². The molecule has 0 spiro atoms. The van der Waals surface area contributed by atoms with Gasteiger partial charge in [0, 0.05) is 10.0 Å². The number of methoxy groups -OCH3 is 1. The fourth-order valence-corrected chi connectivity index (χ4v) is 3.07. The lowest BCUT2D eigenvalue weighted by atomic mass is 9.97. The number of nitrogens with one attached hydrogen (secondary N) is 1. The summed E-state index contributed by atoms with van der Waals surface area (Å²) >= 11 is 3.60. The average molecular weight is 328 g/mol. The van der Waals surface area contributed by atoms with Gasteiger partial charge >= 0.3 is 0 Å². The predicted octanol–water partition coefficient (Wildman–Crippen LogP) is 3.59. The highest BCUT2D eigenvalue weighted by Crippen LogP contribution is 2.37. The topological polar surface area (TPSA) is 30.5 Å². The van der Waals surface area contributed by atoms with Crippen LogP contribution in [-0.4, -0.2) is 26.4 Å². The largest absolute Gasteiger partial charge is 0.496 e. The molecule has 1 aromatic carbocycles. The molecular weight excluding hydrogens is 306 g/mol. The smallest absolute Gasteiger partial charge is 0.124 e.